The van der Waals surface area contributed by atoms with Crippen molar-refractivity contribution in [3.8, 4) is 0 Å². The maximum absolute atomic E-state index is 4.68. The van der Waals surface area contributed by atoms with Crippen LogP contribution >= 0.6 is 0 Å². The average Bonchev–Trinajstić information content (AvgIpc) is 3.43. The maximum Gasteiger partial charge on any atom is 0.118 e. The lowest BCUT2D eigenvalue weighted by Crippen LogP contribution is -1.93. The van der Waals surface area contributed by atoms with Crippen molar-refractivity contribution in [3.05, 3.63) is 96.1 Å². The molecule has 1 aliphatic heterocycles. The minimum Gasteiger partial charge on any atom is -0.272 e. The monoisotopic (exact) mass is 293 g/mol. The van der Waals surface area contributed by atoms with E-state index >= 15 is 0 Å². The lowest BCUT2D eigenvalue weighted by molar-refractivity contribution is 1.13. The standard InChI is InChI=1S/C22H15N/c1-2-7-16(8-3-1)21-22(23-21)18-12-13-20-17(14-18)11-10-15-6-4-5-9-19(15)20/h1-14,21H. The van der Waals surface area contributed by atoms with E-state index in [4.69, 9.17) is 0 Å². The van der Waals surface area contributed by atoms with Crippen molar-refractivity contribution in [1.29, 1.82) is 0 Å². The highest BCUT2D eigenvalue weighted by molar-refractivity contribution is 6.16. The largest absolute Gasteiger partial charge is 0.272 e. The van der Waals surface area contributed by atoms with Gasteiger partial charge in [0.05, 0.1) is 5.71 Å². The summed E-state index contributed by atoms with van der Waals surface area (Å²) in [5.74, 6) is 0. The molecule has 1 heterocycles. The summed E-state index contributed by atoms with van der Waals surface area (Å²) in [6.45, 7) is 0. The Labute approximate surface area is 134 Å². The number of aliphatic imine (C=N–C) groups is 1. The fourth-order valence-corrected chi connectivity index (χ4v) is 3.37. The highest BCUT2D eigenvalue weighted by Gasteiger charge is 2.30. The highest BCUT2D eigenvalue weighted by atomic mass is 15.0. The lowest BCUT2D eigenvalue weighted by Gasteiger charge is -2.05. The van der Waals surface area contributed by atoms with Crippen LogP contribution in [0, 0.1) is 0 Å². The lowest BCUT2D eigenvalue weighted by atomic mass is 9.98. The van der Waals surface area contributed by atoms with Crippen molar-refractivity contribution in [2.24, 2.45) is 4.99 Å². The molecule has 1 nitrogen and oxygen atoms in total. The summed E-state index contributed by atoms with van der Waals surface area (Å²) >= 11 is 0. The summed E-state index contributed by atoms with van der Waals surface area (Å²) in [4.78, 5) is 4.68. The quantitative estimate of drug-likeness (QED) is 0.430. The Bertz CT molecular complexity index is 1060. The predicted molar refractivity (Wildman–Crippen MR) is 97.2 cm³/mol. The van der Waals surface area contributed by atoms with Crippen LogP contribution in [0.25, 0.3) is 21.5 Å². The third-order valence-electron chi connectivity index (χ3n) is 4.62. The van der Waals surface area contributed by atoms with Crippen molar-refractivity contribution >= 4 is 27.3 Å². The van der Waals surface area contributed by atoms with Gasteiger partial charge in [0, 0.05) is 0 Å². The molecule has 0 aliphatic carbocycles. The van der Waals surface area contributed by atoms with Gasteiger partial charge in [0.2, 0.25) is 0 Å². The molecular formula is C22H15N. The third kappa shape index (κ3) is 2.05. The van der Waals surface area contributed by atoms with E-state index in [1.165, 1.54) is 38.4 Å². The van der Waals surface area contributed by atoms with Gasteiger partial charge in [-0.1, -0.05) is 78.9 Å². The molecule has 1 atom stereocenters. The second-order valence-corrected chi connectivity index (χ2v) is 6.05. The minimum atomic E-state index is 0.245. The maximum atomic E-state index is 4.68. The van der Waals surface area contributed by atoms with Crippen LogP contribution in [0.3, 0.4) is 0 Å². The van der Waals surface area contributed by atoms with E-state index in [9.17, 15) is 0 Å². The summed E-state index contributed by atoms with van der Waals surface area (Å²) in [6, 6.07) is 30.4. The Morgan fingerprint density at radius 2 is 1.35 bits per heavy atom. The Morgan fingerprint density at radius 3 is 2.26 bits per heavy atom. The van der Waals surface area contributed by atoms with E-state index in [0.29, 0.717) is 0 Å². The summed E-state index contributed by atoms with van der Waals surface area (Å²) in [5, 5.41) is 5.19. The Kier molecular flexibility index (Phi) is 2.62. The normalized spacial score (nSPS) is 16.5. The number of nitrogens with zero attached hydrogens (tertiary/aromatic N) is 1. The molecular weight excluding hydrogens is 278 g/mol. The molecule has 0 saturated heterocycles. The number of benzene rings is 4. The molecule has 0 saturated carbocycles. The number of fused-ring (bicyclic) bond motifs is 3. The third-order valence-corrected chi connectivity index (χ3v) is 4.62. The zero-order valence-corrected chi connectivity index (χ0v) is 12.6. The van der Waals surface area contributed by atoms with Crippen molar-refractivity contribution < 1.29 is 0 Å². The van der Waals surface area contributed by atoms with Crippen LogP contribution in [0.5, 0.6) is 0 Å². The zero-order valence-electron chi connectivity index (χ0n) is 12.6. The molecule has 1 unspecified atom stereocenters. The first-order valence-corrected chi connectivity index (χ1v) is 7.95. The molecule has 1 aliphatic rings. The van der Waals surface area contributed by atoms with Gasteiger partial charge >= 0.3 is 0 Å². The van der Waals surface area contributed by atoms with Gasteiger partial charge in [-0.15, -0.1) is 0 Å². The molecule has 0 spiro atoms. The summed E-state index contributed by atoms with van der Waals surface area (Å²) in [7, 11) is 0. The van der Waals surface area contributed by atoms with Crippen LogP contribution < -0.4 is 0 Å². The minimum absolute atomic E-state index is 0.245. The van der Waals surface area contributed by atoms with Crippen molar-refractivity contribution in [3.63, 3.8) is 0 Å². The first kappa shape index (κ1) is 12.6. The van der Waals surface area contributed by atoms with Crippen LogP contribution in [0.15, 0.2) is 89.9 Å². The molecule has 0 bridgehead atoms. The van der Waals surface area contributed by atoms with Crippen LogP contribution in [0.4, 0.5) is 0 Å². The first-order chi connectivity index (χ1) is 11.4. The van der Waals surface area contributed by atoms with Crippen LogP contribution in [0.2, 0.25) is 0 Å². The van der Waals surface area contributed by atoms with Gasteiger partial charge in [0.15, 0.2) is 0 Å². The molecule has 0 aromatic heterocycles. The van der Waals surface area contributed by atoms with Gasteiger partial charge in [-0.2, -0.15) is 0 Å². The highest BCUT2D eigenvalue weighted by Crippen LogP contribution is 2.36. The van der Waals surface area contributed by atoms with E-state index in [-0.39, 0.29) is 6.04 Å². The van der Waals surface area contributed by atoms with E-state index in [2.05, 4.69) is 83.9 Å². The fourth-order valence-electron chi connectivity index (χ4n) is 3.37. The van der Waals surface area contributed by atoms with Crippen LogP contribution in [0.1, 0.15) is 17.2 Å². The van der Waals surface area contributed by atoms with Crippen LogP contribution in [-0.4, -0.2) is 5.71 Å². The second kappa shape index (κ2) is 4.79. The van der Waals surface area contributed by atoms with Crippen molar-refractivity contribution in [2.75, 3.05) is 0 Å². The number of rotatable bonds is 2. The van der Waals surface area contributed by atoms with Gasteiger partial charge < -0.3 is 0 Å². The SMILES string of the molecule is c1ccc(C2N=C2c2ccc3c(ccc4ccccc43)c2)cc1. The smallest absolute Gasteiger partial charge is 0.118 e. The molecule has 1 heteroatoms. The Hall–Kier alpha value is -2.93. The molecule has 0 N–H and O–H groups in total. The zero-order chi connectivity index (χ0) is 15.2. The molecule has 4 aromatic carbocycles. The predicted octanol–water partition coefficient (Wildman–Crippen LogP) is 5.54. The molecule has 23 heavy (non-hydrogen) atoms. The van der Waals surface area contributed by atoms with Crippen molar-refractivity contribution in [2.45, 2.75) is 6.04 Å². The average molecular weight is 293 g/mol. The van der Waals surface area contributed by atoms with Gasteiger partial charge in [0.1, 0.15) is 6.04 Å². The van der Waals surface area contributed by atoms with Crippen LogP contribution in [-0.2, 0) is 0 Å². The van der Waals surface area contributed by atoms with Crippen molar-refractivity contribution in [1.82, 2.24) is 0 Å². The second-order valence-electron chi connectivity index (χ2n) is 6.05. The molecule has 5 rings (SSSR count). The van der Waals surface area contributed by atoms with E-state index < -0.39 is 0 Å². The molecule has 4 aromatic rings. The molecule has 0 radical (unpaired) electrons. The number of hydrogen-bond acceptors (Lipinski definition) is 1. The molecule has 0 fully saturated rings. The van der Waals surface area contributed by atoms with Gasteiger partial charge in [-0.3, -0.25) is 4.99 Å². The molecule has 108 valence electrons. The molecule has 0 amide bonds. The van der Waals surface area contributed by atoms with E-state index in [1.54, 1.807) is 0 Å². The van der Waals surface area contributed by atoms with Gasteiger partial charge in [-0.05, 0) is 38.7 Å². The summed E-state index contributed by atoms with van der Waals surface area (Å²) in [6.07, 6.45) is 0. The Morgan fingerprint density at radius 1 is 0.609 bits per heavy atom. The van der Waals surface area contributed by atoms with Gasteiger partial charge in [0.25, 0.3) is 0 Å². The van der Waals surface area contributed by atoms with E-state index in [0.717, 1.165) is 0 Å². The Balaban J connectivity index is 1.57. The fraction of sp³-hybridized carbons (Fsp3) is 0.0455. The van der Waals surface area contributed by atoms with Gasteiger partial charge in [-0.25, -0.2) is 0 Å². The summed E-state index contributed by atoms with van der Waals surface area (Å²) < 4.78 is 0. The number of hydrogen-bond donors (Lipinski definition) is 0. The topological polar surface area (TPSA) is 12.4 Å². The van der Waals surface area contributed by atoms with E-state index in [1.807, 2.05) is 6.07 Å². The summed E-state index contributed by atoms with van der Waals surface area (Å²) in [5.41, 5.74) is 3.72. The first-order valence-electron chi connectivity index (χ1n) is 7.95.